The van der Waals surface area contributed by atoms with Gasteiger partial charge in [0.25, 0.3) is 5.91 Å². The predicted octanol–water partition coefficient (Wildman–Crippen LogP) is 4.28. The number of nitrogens with zero attached hydrogens (tertiary/aromatic N) is 2. The number of amides is 3. The number of esters is 1. The van der Waals surface area contributed by atoms with Crippen molar-refractivity contribution in [3.8, 4) is 0 Å². The van der Waals surface area contributed by atoms with E-state index in [0.717, 1.165) is 10.4 Å². The van der Waals surface area contributed by atoms with Gasteiger partial charge in [0, 0.05) is 13.0 Å². The molecule has 2 aliphatic rings. The highest BCUT2D eigenvalue weighted by Gasteiger charge is 2.45. The third-order valence-corrected chi connectivity index (χ3v) is 10.5. The number of rotatable bonds is 11. The van der Waals surface area contributed by atoms with Crippen molar-refractivity contribution in [2.45, 2.75) is 69.0 Å². The zero-order valence-electron chi connectivity index (χ0n) is 26.9. The van der Waals surface area contributed by atoms with Gasteiger partial charge in [0.2, 0.25) is 21.8 Å². The normalized spacial score (nSPS) is 19.0. The van der Waals surface area contributed by atoms with Crippen LogP contribution in [0.25, 0.3) is 10.8 Å². The van der Waals surface area contributed by atoms with Gasteiger partial charge in [0.05, 0.1) is 26.5 Å². The van der Waals surface area contributed by atoms with Gasteiger partial charge >= 0.3 is 5.97 Å². The molecular formula is C34H36Cl2N4O8S. The van der Waals surface area contributed by atoms with E-state index in [4.69, 9.17) is 27.9 Å². The van der Waals surface area contributed by atoms with Gasteiger partial charge in [-0.3, -0.25) is 24.2 Å². The lowest BCUT2D eigenvalue weighted by molar-refractivity contribution is -0.176. The van der Waals surface area contributed by atoms with Crippen molar-refractivity contribution in [3.63, 3.8) is 0 Å². The van der Waals surface area contributed by atoms with Crippen LogP contribution in [0.15, 0.2) is 65.6 Å². The van der Waals surface area contributed by atoms with Crippen molar-refractivity contribution in [2.75, 3.05) is 13.2 Å². The number of hydrogen-bond donors (Lipinski definition) is 2. The summed E-state index contributed by atoms with van der Waals surface area (Å²) in [6, 6.07) is 12.7. The summed E-state index contributed by atoms with van der Waals surface area (Å²) in [6.45, 7) is 3.16. The molecule has 0 aromatic heterocycles. The summed E-state index contributed by atoms with van der Waals surface area (Å²) in [7, 11) is -4.21. The molecule has 3 aromatic rings. The van der Waals surface area contributed by atoms with E-state index in [9.17, 15) is 32.4 Å². The molecule has 49 heavy (non-hydrogen) atoms. The van der Waals surface area contributed by atoms with E-state index in [1.54, 1.807) is 24.3 Å². The van der Waals surface area contributed by atoms with Gasteiger partial charge in [-0.1, -0.05) is 73.4 Å². The fraction of sp³-hybridized carbons (Fsp3) is 0.382. The van der Waals surface area contributed by atoms with Gasteiger partial charge in [-0.05, 0) is 66.6 Å². The molecule has 12 nitrogen and oxygen atoms in total. The predicted molar refractivity (Wildman–Crippen MR) is 182 cm³/mol. The third kappa shape index (κ3) is 8.23. The van der Waals surface area contributed by atoms with Crippen LogP contribution in [0.4, 0.5) is 0 Å². The van der Waals surface area contributed by atoms with E-state index < -0.39 is 64.2 Å². The Labute approximate surface area is 294 Å². The molecule has 2 fully saturated rings. The van der Waals surface area contributed by atoms with Gasteiger partial charge in [0.15, 0.2) is 12.4 Å². The third-order valence-electron chi connectivity index (χ3n) is 8.42. The maximum Gasteiger partial charge on any atom is 0.341 e. The van der Waals surface area contributed by atoms with Crippen LogP contribution in [0.2, 0.25) is 10.0 Å². The number of ether oxygens (including phenoxy) is 1. The first-order valence-corrected chi connectivity index (χ1v) is 18.1. The maximum absolute atomic E-state index is 14.0. The zero-order chi connectivity index (χ0) is 35.5. The molecule has 260 valence electrons. The Morgan fingerprint density at radius 2 is 1.65 bits per heavy atom. The van der Waals surface area contributed by atoms with Crippen LogP contribution < -0.4 is 10.0 Å². The highest BCUT2D eigenvalue weighted by Crippen LogP contribution is 2.28. The minimum Gasteiger partial charge on any atom is -0.454 e. The van der Waals surface area contributed by atoms with Crippen LogP contribution >= 0.6 is 23.2 Å². The van der Waals surface area contributed by atoms with Crippen molar-refractivity contribution in [1.29, 1.82) is 0 Å². The Bertz CT molecular complexity index is 1880. The molecule has 2 aliphatic heterocycles. The second kappa shape index (κ2) is 15.2. The second-order valence-corrected chi connectivity index (χ2v) is 14.9. The molecule has 0 aliphatic carbocycles. The summed E-state index contributed by atoms with van der Waals surface area (Å²) < 4.78 is 34.6. The van der Waals surface area contributed by atoms with E-state index in [-0.39, 0.29) is 58.7 Å². The summed E-state index contributed by atoms with van der Waals surface area (Å²) in [4.78, 5) is 66.9. The minimum absolute atomic E-state index is 0.0492. The molecule has 3 atom stereocenters. The number of hydrazine groups is 1. The van der Waals surface area contributed by atoms with E-state index in [0.29, 0.717) is 11.8 Å². The van der Waals surface area contributed by atoms with E-state index >= 15 is 0 Å². The van der Waals surface area contributed by atoms with Crippen LogP contribution in [0.3, 0.4) is 0 Å². The average Bonchev–Trinajstić information content (AvgIpc) is 3.18. The fourth-order valence-electron chi connectivity index (χ4n) is 5.98. The Morgan fingerprint density at radius 1 is 0.959 bits per heavy atom. The number of carbonyl (C=O) groups excluding carboxylic acids is 5. The number of carbonyl (C=O) groups is 5. The smallest absolute Gasteiger partial charge is 0.341 e. The molecule has 0 radical (unpaired) electrons. The monoisotopic (exact) mass is 730 g/mol. The summed E-state index contributed by atoms with van der Waals surface area (Å²) in [5.41, 5.74) is -0.0967. The molecule has 5 rings (SSSR count). The van der Waals surface area contributed by atoms with Gasteiger partial charge in [-0.25, -0.2) is 18.2 Å². The Kier molecular flexibility index (Phi) is 11.3. The number of hydrogen-bond acceptors (Lipinski definition) is 8. The molecule has 2 saturated heterocycles. The summed E-state index contributed by atoms with van der Waals surface area (Å²) in [5.74, 6) is -3.48. The summed E-state index contributed by atoms with van der Waals surface area (Å²) in [5, 5.41) is 6.55. The van der Waals surface area contributed by atoms with Crippen LogP contribution in [0.5, 0.6) is 0 Å². The Hall–Kier alpha value is -4.04. The van der Waals surface area contributed by atoms with Crippen LogP contribution in [-0.4, -0.2) is 79.2 Å². The topological polar surface area (TPSA) is 159 Å². The standard InChI is InChI=1S/C34H36Cl2N4O8S/c1-20(2)17-27(29(41)19-48-34(45)31-24(35)9-5-10-25(31)36)37-32(43)28-11-6-16-39-30(42)15-14-26(33(44)40(28)39)38-49(46,47)23-13-12-21-7-3-4-8-22(21)18-23/h3-5,7-10,12-13,18,20,26-28,38H,6,11,14-17,19H2,1-2H3,(H,37,43)/t26-,27-,28-/m0/s1. The van der Waals surface area contributed by atoms with Crippen molar-refractivity contribution in [2.24, 2.45) is 5.92 Å². The van der Waals surface area contributed by atoms with Gasteiger partial charge in [0.1, 0.15) is 12.1 Å². The first-order valence-electron chi connectivity index (χ1n) is 15.9. The number of nitrogens with one attached hydrogen (secondary N) is 2. The average molecular weight is 732 g/mol. The molecule has 0 bridgehead atoms. The van der Waals surface area contributed by atoms with Crippen LogP contribution in [0, 0.1) is 5.92 Å². The molecule has 0 saturated carbocycles. The first kappa shape index (κ1) is 36.2. The first-order chi connectivity index (χ1) is 23.3. The van der Waals surface area contributed by atoms with Gasteiger partial charge < -0.3 is 10.1 Å². The highest BCUT2D eigenvalue weighted by molar-refractivity contribution is 7.89. The molecule has 0 spiro atoms. The number of halogens is 2. The van der Waals surface area contributed by atoms with E-state index in [1.165, 1.54) is 29.3 Å². The van der Waals surface area contributed by atoms with Crippen LogP contribution in [0.1, 0.15) is 56.3 Å². The molecule has 0 unspecified atom stereocenters. The van der Waals surface area contributed by atoms with Gasteiger partial charge in [-0.15, -0.1) is 0 Å². The molecule has 3 aromatic carbocycles. The largest absolute Gasteiger partial charge is 0.454 e. The lowest BCUT2D eigenvalue weighted by Crippen LogP contribution is -2.64. The number of benzene rings is 3. The Morgan fingerprint density at radius 3 is 2.35 bits per heavy atom. The summed E-state index contributed by atoms with van der Waals surface area (Å²) >= 11 is 12.2. The molecular weight excluding hydrogens is 695 g/mol. The van der Waals surface area contributed by atoms with Crippen LogP contribution in [-0.2, 0) is 33.9 Å². The number of Topliss-reactive ketones (excluding diaryl/α,β-unsaturated/α-hetero) is 1. The second-order valence-electron chi connectivity index (χ2n) is 12.4. The quantitative estimate of drug-likeness (QED) is 0.277. The number of fused-ring (bicyclic) bond motifs is 2. The van der Waals surface area contributed by atoms with Crippen molar-refractivity contribution in [3.05, 3.63) is 76.3 Å². The van der Waals surface area contributed by atoms with E-state index in [1.807, 2.05) is 26.0 Å². The molecule has 15 heteroatoms. The van der Waals surface area contributed by atoms with E-state index in [2.05, 4.69) is 10.0 Å². The van der Waals surface area contributed by atoms with Gasteiger partial charge in [-0.2, -0.15) is 4.72 Å². The minimum atomic E-state index is -4.21. The maximum atomic E-state index is 14.0. The molecule has 2 heterocycles. The lowest BCUT2D eigenvalue weighted by Gasteiger charge is -2.43. The molecule has 3 amide bonds. The number of ketones is 1. The molecule has 2 N–H and O–H groups in total. The Balaban J connectivity index is 1.33. The lowest BCUT2D eigenvalue weighted by atomic mass is 9.99. The SMILES string of the molecule is CC(C)C[C@H](NC(=O)[C@@H]1CCCN2C(=O)CC[C@H](NS(=O)(=O)c3ccc4ccccc4c3)C(=O)N12)C(=O)COC(=O)c1c(Cl)cccc1Cl. The van der Waals surface area contributed by atoms with Crippen molar-refractivity contribution in [1.82, 2.24) is 20.1 Å². The summed E-state index contributed by atoms with van der Waals surface area (Å²) in [6.07, 6.45) is 0.499. The fourth-order valence-corrected chi connectivity index (χ4v) is 7.79. The van der Waals surface area contributed by atoms with Crippen molar-refractivity contribution >= 4 is 73.5 Å². The number of sulfonamides is 1. The zero-order valence-corrected chi connectivity index (χ0v) is 29.2. The van der Waals surface area contributed by atoms with Crippen molar-refractivity contribution < 1.29 is 37.1 Å². The highest BCUT2D eigenvalue weighted by atomic mass is 35.5.